The van der Waals surface area contributed by atoms with Gasteiger partial charge in [0, 0.05) is 25.7 Å². The van der Waals surface area contributed by atoms with Crippen molar-refractivity contribution in [1.82, 2.24) is 20.4 Å². The second-order valence-corrected chi connectivity index (χ2v) is 7.26. The SMILES string of the molecule is CCNC(=NCCn1cc([N+](=O)[O-])cn1)NC1CCN(c2cccs2)CC1. The molecule has 0 bridgehead atoms. The van der Waals surface area contributed by atoms with Crippen LogP contribution in [0.2, 0.25) is 0 Å². The molecule has 2 aromatic rings. The summed E-state index contributed by atoms with van der Waals surface area (Å²) >= 11 is 1.78. The van der Waals surface area contributed by atoms with Crippen LogP contribution < -0.4 is 15.5 Å². The monoisotopic (exact) mass is 391 g/mol. The van der Waals surface area contributed by atoms with Gasteiger partial charge in [-0.1, -0.05) is 0 Å². The van der Waals surface area contributed by atoms with E-state index < -0.39 is 4.92 Å². The van der Waals surface area contributed by atoms with Crippen LogP contribution in [0.15, 0.2) is 34.9 Å². The maximum absolute atomic E-state index is 10.7. The minimum absolute atomic E-state index is 0.00140. The molecule has 27 heavy (non-hydrogen) atoms. The van der Waals surface area contributed by atoms with Gasteiger partial charge >= 0.3 is 5.69 Å². The zero-order valence-corrected chi connectivity index (χ0v) is 16.2. The van der Waals surface area contributed by atoms with Crippen molar-refractivity contribution in [2.24, 2.45) is 4.99 Å². The Balaban J connectivity index is 1.48. The van der Waals surface area contributed by atoms with Gasteiger partial charge in [0.2, 0.25) is 0 Å². The Morgan fingerprint density at radius 3 is 2.93 bits per heavy atom. The summed E-state index contributed by atoms with van der Waals surface area (Å²) in [4.78, 5) is 17.3. The zero-order chi connectivity index (χ0) is 19.1. The van der Waals surface area contributed by atoms with E-state index in [9.17, 15) is 10.1 Å². The maximum Gasteiger partial charge on any atom is 0.306 e. The van der Waals surface area contributed by atoms with Crippen LogP contribution in [-0.2, 0) is 6.54 Å². The molecule has 0 aromatic carbocycles. The summed E-state index contributed by atoms with van der Waals surface area (Å²) in [6.45, 7) is 5.90. The molecule has 2 aromatic heterocycles. The van der Waals surface area contributed by atoms with E-state index in [2.05, 4.69) is 43.1 Å². The van der Waals surface area contributed by atoms with Gasteiger partial charge in [-0.15, -0.1) is 11.3 Å². The maximum atomic E-state index is 10.7. The summed E-state index contributed by atoms with van der Waals surface area (Å²) in [6.07, 6.45) is 4.81. The van der Waals surface area contributed by atoms with E-state index in [0.717, 1.165) is 38.4 Å². The fourth-order valence-corrected chi connectivity index (χ4v) is 3.83. The van der Waals surface area contributed by atoms with Crippen LogP contribution >= 0.6 is 11.3 Å². The van der Waals surface area contributed by atoms with E-state index in [4.69, 9.17) is 0 Å². The van der Waals surface area contributed by atoms with Gasteiger partial charge < -0.3 is 15.5 Å². The third-order valence-electron chi connectivity index (χ3n) is 4.43. The Bertz CT molecular complexity index is 751. The molecule has 0 amide bonds. The Morgan fingerprint density at radius 2 is 2.30 bits per heavy atom. The molecule has 0 radical (unpaired) electrons. The molecule has 1 aliphatic heterocycles. The number of aromatic nitrogens is 2. The lowest BCUT2D eigenvalue weighted by atomic mass is 10.1. The number of hydrogen-bond donors (Lipinski definition) is 2. The first-order valence-electron chi connectivity index (χ1n) is 9.16. The molecule has 1 fully saturated rings. The predicted molar refractivity (Wildman–Crippen MR) is 108 cm³/mol. The van der Waals surface area contributed by atoms with Gasteiger partial charge in [-0.3, -0.25) is 19.8 Å². The quantitative estimate of drug-likeness (QED) is 0.324. The van der Waals surface area contributed by atoms with E-state index in [1.54, 1.807) is 16.0 Å². The molecule has 146 valence electrons. The van der Waals surface area contributed by atoms with E-state index >= 15 is 0 Å². The molecule has 3 rings (SSSR count). The summed E-state index contributed by atoms with van der Waals surface area (Å²) in [5, 5.41) is 24.9. The fraction of sp³-hybridized carbons (Fsp3) is 0.529. The highest BCUT2D eigenvalue weighted by atomic mass is 32.1. The van der Waals surface area contributed by atoms with Crippen molar-refractivity contribution in [1.29, 1.82) is 0 Å². The third-order valence-corrected chi connectivity index (χ3v) is 5.36. The van der Waals surface area contributed by atoms with Gasteiger partial charge in [0.25, 0.3) is 0 Å². The molecule has 9 nitrogen and oxygen atoms in total. The number of nitrogens with one attached hydrogen (secondary N) is 2. The van der Waals surface area contributed by atoms with Gasteiger partial charge in [-0.05, 0) is 37.3 Å². The summed E-state index contributed by atoms with van der Waals surface area (Å²) in [5.74, 6) is 0.786. The first kappa shape index (κ1) is 19.2. The molecule has 2 N–H and O–H groups in total. The van der Waals surface area contributed by atoms with Crippen molar-refractivity contribution in [2.75, 3.05) is 31.1 Å². The van der Waals surface area contributed by atoms with Crippen molar-refractivity contribution in [3.05, 3.63) is 40.0 Å². The van der Waals surface area contributed by atoms with Crippen molar-refractivity contribution >= 4 is 28.0 Å². The van der Waals surface area contributed by atoms with E-state index in [1.807, 2.05) is 6.92 Å². The van der Waals surface area contributed by atoms with Crippen molar-refractivity contribution in [3.8, 4) is 0 Å². The average Bonchev–Trinajstić information content (AvgIpc) is 3.35. The van der Waals surface area contributed by atoms with Crippen LogP contribution in [0.25, 0.3) is 0 Å². The second-order valence-electron chi connectivity index (χ2n) is 6.34. The lowest BCUT2D eigenvalue weighted by Crippen LogP contribution is -2.48. The Labute approximate surface area is 162 Å². The summed E-state index contributed by atoms with van der Waals surface area (Å²) in [6, 6.07) is 4.66. The van der Waals surface area contributed by atoms with E-state index in [-0.39, 0.29) is 5.69 Å². The number of nitro groups is 1. The number of nitrogens with zero attached hydrogens (tertiary/aromatic N) is 5. The molecule has 0 saturated carbocycles. The smallest absolute Gasteiger partial charge is 0.306 e. The van der Waals surface area contributed by atoms with Crippen LogP contribution in [-0.4, -0.2) is 52.9 Å². The number of aliphatic imine (C=N–C) groups is 1. The molecule has 1 aliphatic rings. The summed E-state index contributed by atoms with van der Waals surface area (Å²) in [5.41, 5.74) is 0.00140. The molecule has 10 heteroatoms. The topological polar surface area (TPSA) is 101 Å². The van der Waals surface area contributed by atoms with Gasteiger partial charge in [-0.2, -0.15) is 5.10 Å². The number of anilines is 1. The van der Waals surface area contributed by atoms with Crippen LogP contribution in [0, 0.1) is 10.1 Å². The van der Waals surface area contributed by atoms with Crippen LogP contribution in [0.1, 0.15) is 19.8 Å². The number of thiophene rings is 1. The predicted octanol–water partition coefficient (Wildman–Crippen LogP) is 2.08. The minimum Gasteiger partial charge on any atom is -0.363 e. The Hall–Kier alpha value is -2.62. The molecule has 0 atom stereocenters. The number of guanidine groups is 1. The highest BCUT2D eigenvalue weighted by Crippen LogP contribution is 2.24. The highest BCUT2D eigenvalue weighted by Gasteiger charge is 2.20. The van der Waals surface area contributed by atoms with Gasteiger partial charge in [-0.25, -0.2) is 0 Å². The number of piperidine rings is 1. The normalized spacial score (nSPS) is 15.7. The third kappa shape index (κ3) is 5.43. The van der Waals surface area contributed by atoms with Crippen LogP contribution in [0.3, 0.4) is 0 Å². The highest BCUT2D eigenvalue weighted by molar-refractivity contribution is 7.14. The molecule has 0 spiro atoms. The van der Waals surface area contributed by atoms with Crippen molar-refractivity contribution in [2.45, 2.75) is 32.4 Å². The molecule has 1 saturated heterocycles. The lowest BCUT2D eigenvalue weighted by molar-refractivity contribution is -0.385. The van der Waals surface area contributed by atoms with E-state index in [0.29, 0.717) is 19.1 Å². The number of hydrogen-bond acceptors (Lipinski definition) is 6. The lowest BCUT2D eigenvalue weighted by Gasteiger charge is -2.33. The first-order valence-corrected chi connectivity index (χ1v) is 10.0. The standard InChI is InChI=1S/C17H25N7O2S/c1-2-18-17(19-7-10-23-13-15(12-20-23)24(25)26)21-14-5-8-22(9-6-14)16-4-3-11-27-16/h3-4,11-14H,2,5-10H2,1H3,(H2,18,19,21). The average molecular weight is 392 g/mol. The number of rotatable bonds is 7. The fourth-order valence-electron chi connectivity index (χ4n) is 3.04. The Kier molecular flexibility index (Phi) is 6.64. The van der Waals surface area contributed by atoms with Crippen LogP contribution in [0.4, 0.5) is 10.7 Å². The van der Waals surface area contributed by atoms with Crippen molar-refractivity contribution in [3.63, 3.8) is 0 Å². The molecule has 3 heterocycles. The minimum atomic E-state index is -0.444. The molecule has 0 aliphatic carbocycles. The van der Waals surface area contributed by atoms with Crippen molar-refractivity contribution < 1.29 is 4.92 Å². The van der Waals surface area contributed by atoms with Gasteiger partial charge in [0.15, 0.2) is 5.96 Å². The van der Waals surface area contributed by atoms with E-state index in [1.165, 1.54) is 17.4 Å². The summed E-state index contributed by atoms with van der Waals surface area (Å²) < 4.78 is 1.55. The zero-order valence-electron chi connectivity index (χ0n) is 15.4. The molecule has 0 unspecified atom stereocenters. The van der Waals surface area contributed by atoms with Gasteiger partial charge in [0.1, 0.15) is 12.4 Å². The van der Waals surface area contributed by atoms with Gasteiger partial charge in [0.05, 0.1) is 23.0 Å². The van der Waals surface area contributed by atoms with Crippen LogP contribution in [0.5, 0.6) is 0 Å². The summed E-state index contributed by atoms with van der Waals surface area (Å²) in [7, 11) is 0. The largest absolute Gasteiger partial charge is 0.363 e. The molecular formula is C17H25N7O2S. The molecular weight excluding hydrogens is 366 g/mol. The second kappa shape index (κ2) is 9.36. The Morgan fingerprint density at radius 1 is 1.48 bits per heavy atom. The first-order chi connectivity index (χ1) is 13.2.